The molecule has 124 valence electrons. The van der Waals surface area contributed by atoms with Gasteiger partial charge in [0.25, 0.3) is 0 Å². The lowest BCUT2D eigenvalue weighted by Crippen LogP contribution is -2.45. The number of nitrogens with one attached hydrogen (secondary N) is 1. The summed E-state index contributed by atoms with van der Waals surface area (Å²) in [5.41, 5.74) is 0. The van der Waals surface area contributed by atoms with Gasteiger partial charge < -0.3 is 15.1 Å². The van der Waals surface area contributed by atoms with Gasteiger partial charge in [-0.1, -0.05) is 13.8 Å². The highest BCUT2D eigenvalue weighted by Gasteiger charge is 2.26. The molecule has 0 aromatic heterocycles. The number of rotatable bonds is 7. The highest BCUT2D eigenvalue weighted by atomic mass is 32.2. The van der Waals surface area contributed by atoms with Crippen LogP contribution in [0.3, 0.4) is 0 Å². The fourth-order valence-corrected chi connectivity index (χ4v) is 2.93. The average Bonchev–Trinajstić information content (AvgIpc) is 2.93. The zero-order valence-electron chi connectivity index (χ0n) is 14.8. The van der Waals surface area contributed by atoms with E-state index in [4.69, 9.17) is 0 Å². The molecule has 0 saturated carbocycles. The quantitative estimate of drug-likeness (QED) is 0.577. The van der Waals surface area contributed by atoms with Gasteiger partial charge in [0.2, 0.25) is 0 Å². The summed E-state index contributed by atoms with van der Waals surface area (Å²) in [6.07, 6.45) is 3.45. The minimum Gasteiger partial charge on any atom is -0.355 e. The number of likely N-dealkylation sites (tertiary alicyclic amines) is 1. The van der Waals surface area contributed by atoms with Gasteiger partial charge in [0.15, 0.2) is 5.96 Å². The van der Waals surface area contributed by atoms with E-state index >= 15 is 0 Å². The van der Waals surface area contributed by atoms with Crippen molar-refractivity contribution in [3.05, 3.63) is 0 Å². The largest absolute Gasteiger partial charge is 0.355 e. The third kappa shape index (κ3) is 6.07. The fourth-order valence-electron chi connectivity index (χ4n) is 2.72. The highest BCUT2D eigenvalue weighted by molar-refractivity contribution is 7.99. The second-order valence-corrected chi connectivity index (χ2v) is 7.96. The van der Waals surface area contributed by atoms with Crippen LogP contribution in [0.4, 0.5) is 0 Å². The van der Waals surface area contributed by atoms with Crippen LogP contribution < -0.4 is 5.32 Å². The van der Waals surface area contributed by atoms with E-state index in [1.165, 1.54) is 13.0 Å². The maximum Gasteiger partial charge on any atom is 0.193 e. The number of hydrogen-bond acceptors (Lipinski definition) is 3. The number of hydrogen-bond donors (Lipinski definition) is 1. The van der Waals surface area contributed by atoms with Crippen LogP contribution in [0.1, 0.15) is 34.1 Å². The summed E-state index contributed by atoms with van der Waals surface area (Å²) >= 11 is 1.89. The van der Waals surface area contributed by atoms with Gasteiger partial charge in [0, 0.05) is 38.0 Å². The summed E-state index contributed by atoms with van der Waals surface area (Å²) in [6.45, 7) is 15.8. The Balaban J connectivity index is 2.46. The molecule has 1 atom stereocenters. The molecule has 5 heteroatoms. The van der Waals surface area contributed by atoms with Gasteiger partial charge in [-0.25, -0.2) is 0 Å². The van der Waals surface area contributed by atoms with Gasteiger partial charge in [0.1, 0.15) is 0 Å². The Kier molecular flexibility index (Phi) is 7.88. The standard InChI is InChI=1S/C16H34N4S/c1-7-19(8-2)11-14-9-10-20(12-14)15(17-5)18-13-16(3,4)21-6/h14H,7-13H2,1-6H3,(H,17,18). The first kappa shape index (κ1) is 18.6. The molecule has 1 N–H and O–H groups in total. The molecular formula is C16H34N4S. The van der Waals surface area contributed by atoms with E-state index in [0.29, 0.717) is 0 Å². The van der Waals surface area contributed by atoms with Crippen LogP contribution in [-0.2, 0) is 0 Å². The van der Waals surface area contributed by atoms with Crippen LogP contribution in [0.5, 0.6) is 0 Å². The molecule has 21 heavy (non-hydrogen) atoms. The third-order valence-electron chi connectivity index (χ3n) is 4.43. The molecule has 0 aromatic carbocycles. The highest BCUT2D eigenvalue weighted by Crippen LogP contribution is 2.21. The first-order chi connectivity index (χ1) is 9.95. The van der Waals surface area contributed by atoms with Crippen LogP contribution >= 0.6 is 11.8 Å². The second kappa shape index (κ2) is 8.89. The predicted octanol–water partition coefficient (Wildman–Crippen LogP) is 2.37. The molecule has 0 radical (unpaired) electrons. The zero-order valence-corrected chi connectivity index (χ0v) is 15.6. The van der Waals surface area contributed by atoms with Crippen molar-refractivity contribution in [1.29, 1.82) is 0 Å². The molecule has 0 aromatic rings. The molecule has 1 unspecified atom stereocenters. The van der Waals surface area contributed by atoms with Gasteiger partial charge in [-0.3, -0.25) is 4.99 Å². The first-order valence-corrected chi connectivity index (χ1v) is 9.41. The van der Waals surface area contributed by atoms with Gasteiger partial charge in [-0.15, -0.1) is 0 Å². The normalized spacial score (nSPS) is 20.4. The molecule has 4 nitrogen and oxygen atoms in total. The summed E-state index contributed by atoms with van der Waals surface area (Å²) in [6, 6.07) is 0. The van der Waals surface area contributed by atoms with Crippen molar-refractivity contribution in [1.82, 2.24) is 15.1 Å². The van der Waals surface area contributed by atoms with Crippen LogP contribution in [0.2, 0.25) is 0 Å². The summed E-state index contributed by atoms with van der Waals surface area (Å²) in [5, 5.41) is 3.55. The summed E-state index contributed by atoms with van der Waals surface area (Å²) in [4.78, 5) is 9.42. The number of guanidine groups is 1. The first-order valence-electron chi connectivity index (χ1n) is 8.18. The predicted molar refractivity (Wildman–Crippen MR) is 96.4 cm³/mol. The van der Waals surface area contributed by atoms with E-state index in [9.17, 15) is 0 Å². The SMILES string of the molecule is CCN(CC)CC1CCN(C(=NC)NCC(C)(C)SC)C1. The van der Waals surface area contributed by atoms with Crippen molar-refractivity contribution < 1.29 is 0 Å². The minimum atomic E-state index is 0.246. The minimum absolute atomic E-state index is 0.246. The van der Waals surface area contributed by atoms with E-state index in [0.717, 1.165) is 44.6 Å². The van der Waals surface area contributed by atoms with E-state index in [2.05, 4.69) is 54.1 Å². The molecule has 0 spiro atoms. The Labute approximate surface area is 135 Å². The molecule has 1 rings (SSSR count). The van der Waals surface area contributed by atoms with E-state index in [1.807, 2.05) is 18.8 Å². The van der Waals surface area contributed by atoms with Crippen LogP contribution in [0.25, 0.3) is 0 Å². The van der Waals surface area contributed by atoms with Crippen molar-refractivity contribution in [3.63, 3.8) is 0 Å². The smallest absolute Gasteiger partial charge is 0.193 e. The van der Waals surface area contributed by atoms with Crippen LogP contribution in [0, 0.1) is 5.92 Å². The lowest BCUT2D eigenvalue weighted by Gasteiger charge is -2.28. The molecule has 1 aliphatic rings. The van der Waals surface area contributed by atoms with Crippen molar-refractivity contribution in [2.75, 3.05) is 52.6 Å². The van der Waals surface area contributed by atoms with Crippen LogP contribution in [0.15, 0.2) is 4.99 Å². The number of thioether (sulfide) groups is 1. The zero-order chi connectivity index (χ0) is 15.9. The van der Waals surface area contributed by atoms with E-state index in [-0.39, 0.29) is 4.75 Å². The molecule has 1 fully saturated rings. The van der Waals surface area contributed by atoms with Gasteiger partial charge in [-0.05, 0) is 45.5 Å². The lowest BCUT2D eigenvalue weighted by atomic mass is 10.1. The molecule has 0 aliphatic carbocycles. The van der Waals surface area contributed by atoms with E-state index < -0.39 is 0 Å². The Morgan fingerprint density at radius 2 is 2.05 bits per heavy atom. The van der Waals surface area contributed by atoms with Crippen molar-refractivity contribution in [3.8, 4) is 0 Å². The van der Waals surface area contributed by atoms with E-state index in [1.54, 1.807) is 0 Å². The maximum atomic E-state index is 4.47. The molecule has 1 heterocycles. The number of nitrogens with zero attached hydrogens (tertiary/aromatic N) is 3. The fraction of sp³-hybridized carbons (Fsp3) is 0.938. The monoisotopic (exact) mass is 314 g/mol. The summed E-state index contributed by atoms with van der Waals surface area (Å²) in [7, 11) is 1.89. The maximum absolute atomic E-state index is 4.47. The average molecular weight is 315 g/mol. The molecule has 0 bridgehead atoms. The Bertz CT molecular complexity index is 326. The summed E-state index contributed by atoms with van der Waals surface area (Å²) in [5.74, 6) is 1.84. The lowest BCUT2D eigenvalue weighted by molar-refractivity contribution is 0.255. The van der Waals surface area contributed by atoms with Crippen molar-refractivity contribution in [2.24, 2.45) is 10.9 Å². The number of aliphatic imine (C=N–C) groups is 1. The Morgan fingerprint density at radius 1 is 1.38 bits per heavy atom. The van der Waals surface area contributed by atoms with Crippen molar-refractivity contribution >= 4 is 17.7 Å². The summed E-state index contributed by atoms with van der Waals surface area (Å²) < 4.78 is 0.246. The van der Waals surface area contributed by atoms with Gasteiger partial charge >= 0.3 is 0 Å². The molecule has 1 saturated heterocycles. The Hall–Kier alpha value is -0.420. The Morgan fingerprint density at radius 3 is 2.57 bits per heavy atom. The van der Waals surface area contributed by atoms with Gasteiger partial charge in [0.05, 0.1) is 0 Å². The van der Waals surface area contributed by atoms with Crippen molar-refractivity contribution in [2.45, 2.75) is 38.9 Å². The second-order valence-electron chi connectivity index (χ2n) is 6.45. The molecule has 1 aliphatic heterocycles. The molecule has 0 amide bonds. The molecular weight excluding hydrogens is 280 g/mol. The van der Waals surface area contributed by atoms with Gasteiger partial charge in [-0.2, -0.15) is 11.8 Å². The third-order valence-corrected chi connectivity index (χ3v) is 5.68. The van der Waals surface area contributed by atoms with Crippen LogP contribution in [-0.4, -0.2) is 73.1 Å². The topological polar surface area (TPSA) is 30.9 Å².